The summed E-state index contributed by atoms with van der Waals surface area (Å²) in [5, 5.41) is 20.8. The molecule has 6 nitrogen and oxygen atoms in total. The Morgan fingerprint density at radius 3 is 2.32 bits per heavy atom. The van der Waals surface area contributed by atoms with Crippen LogP contribution in [0.3, 0.4) is 0 Å². The van der Waals surface area contributed by atoms with Crippen LogP contribution in [-0.2, 0) is 9.47 Å². The summed E-state index contributed by atoms with van der Waals surface area (Å²) in [7, 11) is 0. The summed E-state index contributed by atoms with van der Waals surface area (Å²) in [4.78, 5) is 24.1. The SMILES string of the molecule is O=C1OC(O)c2c(Br)cc3c4c(c(Br)cc1c24)C(=O)OC3O. The molecule has 8 heteroatoms. The van der Waals surface area contributed by atoms with Crippen LogP contribution in [0, 0.1) is 0 Å². The molecule has 0 saturated carbocycles. The van der Waals surface area contributed by atoms with Crippen molar-refractivity contribution in [2.75, 3.05) is 0 Å². The number of hydrogen-bond acceptors (Lipinski definition) is 6. The molecule has 0 bridgehead atoms. The molecule has 0 radical (unpaired) electrons. The average molecular weight is 430 g/mol. The Kier molecular flexibility index (Phi) is 2.90. The van der Waals surface area contributed by atoms with Crippen LogP contribution >= 0.6 is 31.9 Å². The largest absolute Gasteiger partial charge is 0.428 e. The average Bonchev–Trinajstić information content (AvgIpc) is 2.43. The van der Waals surface area contributed by atoms with Gasteiger partial charge in [-0.25, -0.2) is 9.59 Å². The predicted octanol–water partition coefficient (Wildman–Crippen LogP) is 2.69. The number of aliphatic hydroxyl groups excluding tert-OH is 2. The molecule has 2 aliphatic heterocycles. The molecule has 112 valence electrons. The van der Waals surface area contributed by atoms with Crippen molar-refractivity contribution >= 4 is 54.6 Å². The van der Waals surface area contributed by atoms with E-state index in [1.807, 2.05) is 0 Å². The van der Waals surface area contributed by atoms with Gasteiger partial charge in [0.25, 0.3) is 0 Å². The number of hydrogen-bond donors (Lipinski definition) is 2. The molecule has 0 aliphatic carbocycles. The molecule has 2 N–H and O–H groups in total. The van der Waals surface area contributed by atoms with E-state index in [2.05, 4.69) is 31.9 Å². The monoisotopic (exact) mass is 428 g/mol. The van der Waals surface area contributed by atoms with Crippen molar-refractivity contribution in [3.05, 3.63) is 43.3 Å². The van der Waals surface area contributed by atoms with Gasteiger partial charge in [0.15, 0.2) is 0 Å². The highest BCUT2D eigenvalue weighted by molar-refractivity contribution is 9.10. The van der Waals surface area contributed by atoms with Gasteiger partial charge in [-0.1, -0.05) is 15.9 Å². The summed E-state index contributed by atoms with van der Waals surface area (Å²) >= 11 is 6.54. The van der Waals surface area contributed by atoms with Crippen LogP contribution in [0.15, 0.2) is 21.1 Å². The molecule has 2 heterocycles. The minimum absolute atomic E-state index is 0.203. The standard InChI is InChI=1S/C14H6Br2O6/c15-5-1-3-7-8-4(12(18)22-13(19)9(5)8)2-6(16)10(7)14(20)21-11(3)17/h1-2,11,13,17,19H. The van der Waals surface area contributed by atoms with Gasteiger partial charge in [-0.2, -0.15) is 0 Å². The number of rotatable bonds is 0. The van der Waals surface area contributed by atoms with E-state index in [-0.39, 0.29) is 11.1 Å². The second-order valence-electron chi connectivity index (χ2n) is 4.91. The Hall–Kier alpha value is -1.48. The van der Waals surface area contributed by atoms with Crippen LogP contribution in [0.25, 0.3) is 10.8 Å². The smallest absolute Gasteiger partial charge is 0.342 e. The van der Waals surface area contributed by atoms with Gasteiger partial charge in [0.2, 0.25) is 12.6 Å². The van der Waals surface area contributed by atoms with E-state index < -0.39 is 24.5 Å². The molecular formula is C14H6Br2O6. The highest BCUT2D eigenvalue weighted by atomic mass is 79.9. The molecule has 4 rings (SSSR count). The zero-order chi connectivity index (χ0) is 15.8. The van der Waals surface area contributed by atoms with Crippen LogP contribution in [-0.4, -0.2) is 22.2 Å². The summed E-state index contributed by atoms with van der Waals surface area (Å²) in [6, 6.07) is 2.99. The van der Waals surface area contributed by atoms with Crippen LogP contribution in [0.2, 0.25) is 0 Å². The van der Waals surface area contributed by atoms with E-state index in [0.29, 0.717) is 30.8 Å². The lowest BCUT2D eigenvalue weighted by molar-refractivity contribution is -0.0723. The molecule has 2 aliphatic rings. The molecule has 2 aromatic carbocycles. The molecule has 0 aromatic heterocycles. The normalized spacial score (nSPS) is 22.5. The first-order valence-electron chi connectivity index (χ1n) is 6.16. The van der Waals surface area contributed by atoms with Crippen molar-refractivity contribution in [1.29, 1.82) is 0 Å². The third-order valence-electron chi connectivity index (χ3n) is 3.75. The third-order valence-corrected chi connectivity index (χ3v) is 5.03. The second kappa shape index (κ2) is 4.51. The van der Waals surface area contributed by atoms with Gasteiger partial charge in [0.1, 0.15) is 0 Å². The van der Waals surface area contributed by atoms with Gasteiger partial charge < -0.3 is 19.7 Å². The summed E-state index contributed by atoms with van der Waals surface area (Å²) in [6.07, 6.45) is -2.89. The van der Waals surface area contributed by atoms with Gasteiger partial charge >= 0.3 is 11.9 Å². The molecule has 2 atom stereocenters. The molecule has 0 saturated heterocycles. The molecule has 22 heavy (non-hydrogen) atoms. The maximum Gasteiger partial charge on any atom is 0.342 e. The number of cyclic esters (lactones) is 2. The van der Waals surface area contributed by atoms with E-state index in [1.165, 1.54) is 12.1 Å². The van der Waals surface area contributed by atoms with Crippen LogP contribution in [0.5, 0.6) is 0 Å². The highest BCUT2D eigenvalue weighted by Gasteiger charge is 2.38. The van der Waals surface area contributed by atoms with E-state index in [9.17, 15) is 19.8 Å². The molecular weight excluding hydrogens is 424 g/mol. The van der Waals surface area contributed by atoms with Gasteiger partial charge in [-0.3, -0.25) is 0 Å². The molecule has 0 fully saturated rings. The minimum Gasteiger partial charge on any atom is -0.428 e. The number of carbonyl (C=O) groups excluding carboxylic acids is 2. The predicted molar refractivity (Wildman–Crippen MR) is 80.1 cm³/mol. The molecule has 2 unspecified atom stereocenters. The van der Waals surface area contributed by atoms with Crippen molar-refractivity contribution in [2.24, 2.45) is 0 Å². The molecule has 2 aromatic rings. The van der Waals surface area contributed by atoms with Gasteiger partial charge in [0.05, 0.1) is 11.1 Å². The van der Waals surface area contributed by atoms with E-state index in [1.54, 1.807) is 0 Å². The number of carbonyl (C=O) groups is 2. The van der Waals surface area contributed by atoms with Crippen LogP contribution in [0.1, 0.15) is 44.4 Å². The van der Waals surface area contributed by atoms with Crippen molar-refractivity contribution in [3.63, 3.8) is 0 Å². The summed E-state index contributed by atoms with van der Waals surface area (Å²) in [5.41, 5.74) is 1.08. The maximum atomic E-state index is 12.1. The summed E-state index contributed by atoms with van der Waals surface area (Å²) in [5.74, 6) is -1.41. The Labute approximate surface area is 139 Å². The number of benzene rings is 2. The third kappa shape index (κ3) is 1.66. The Morgan fingerprint density at radius 1 is 0.909 bits per heavy atom. The topological polar surface area (TPSA) is 93.1 Å². The fourth-order valence-corrected chi connectivity index (χ4v) is 4.10. The van der Waals surface area contributed by atoms with Gasteiger partial charge in [-0.15, -0.1) is 0 Å². The van der Waals surface area contributed by atoms with Crippen LogP contribution < -0.4 is 0 Å². The Balaban J connectivity index is 2.31. The molecule has 0 amide bonds. The van der Waals surface area contributed by atoms with E-state index in [4.69, 9.17) is 9.47 Å². The number of halogens is 2. The zero-order valence-corrected chi connectivity index (χ0v) is 13.8. The van der Waals surface area contributed by atoms with E-state index in [0.717, 1.165) is 0 Å². The fourth-order valence-electron chi connectivity index (χ4n) is 2.87. The Bertz CT molecular complexity index is 891. The van der Waals surface area contributed by atoms with Crippen molar-refractivity contribution in [2.45, 2.75) is 12.6 Å². The van der Waals surface area contributed by atoms with E-state index >= 15 is 0 Å². The minimum atomic E-state index is -1.45. The van der Waals surface area contributed by atoms with Crippen LogP contribution in [0.4, 0.5) is 0 Å². The summed E-state index contributed by atoms with van der Waals surface area (Å²) < 4.78 is 10.6. The number of ether oxygens (including phenoxy) is 2. The number of aliphatic hydroxyl groups is 2. The van der Waals surface area contributed by atoms with Gasteiger partial charge in [0, 0.05) is 30.8 Å². The Morgan fingerprint density at radius 2 is 1.59 bits per heavy atom. The lowest BCUT2D eigenvalue weighted by atomic mass is 9.89. The summed E-state index contributed by atoms with van der Waals surface area (Å²) in [6.45, 7) is 0. The van der Waals surface area contributed by atoms with Crippen molar-refractivity contribution in [1.82, 2.24) is 0 Å². The van der Waals surface area contributed by atoms with Gasteiger partial charge in [-0.05, 0) is 28.1 Å². The first-order valence-corrected chi connectivity index (χ1v) is 7.75. The lowest BCUT2D eigenvalue weighted by Crippen LogP contribution is -2.24. The number of esters is 2. The van der Waals surface area contributed by atoms with Crippen molar-refractivity contribution in [3.8, 4) is 0 Å². The highest BCUT2D eigenvalue weighted by Crippen LogP contribution is 2.47. The first-order chi connectivity index (χ1) is 10.4. The van der Waals surface area contributed by atoms with Crippen molar-refractivity contribution < 1.29 is 29.3 Å². The quantitative estimate of drug-likeness (QED) is 0.625. The molecule has 0 spiro atoms. The lowest BCUT2D eigenvalue weighted by Gasteiger charge is -2.29. The first kappa shape index (κ1) is 14.1. The zero-order valence-electron chi connectivity index (χ0n) is 10.6. The fraction of sp³-hybridized carbons (Fsp3) is 0.143. The maximum absolute atomic E-state index is 12.1. The second-order valence-corrected chi connectivity index (χ2v) is 6.62.